The molecule has 1 fully saturated rings. The van der Waals surface area contributed by atoms with Gasteiger partial charge in [0, 0.05) is 22.5 Å². The quantitative estimate of drug-likeness (QED) is 0.747. The van der Waals surface area contributed by atoms with E-state index in [4.69, 9.17) is 11.6 Å². The summed E-state index contributed by atoms with van der Waals surface area (Å²) in [6.07, 6.45) is 4.53. The Hall–Kier alpha value is -2.40. The first-order chi connectivity index (χ1) is 12.2. The fourth-order valence-electron chi connectivity index (χ4n) is 3.76. The van der Waals surface area contributed by atoms with Crippen LogP contribution < -0.4 is 5.32 Å². The van der Waals surface area contributed by atoms with Crippen molar-refractivity contribution in [2.75, 3.05) is 6.54 Å². The molecule has 0 saturated heterocycles. The van der Waals surface area contributed by atoms with E-state index in [-0.39, 0.29) is 11.3 Å². The molecule has 1 heterocycles. The lowest BCUT2D eigenvalue weighted by molar-refractivity contribution is 0.0943. The summed E-state index contributed by atoms with van der Waals surface area (Å²) in [6, 6.07) is 13.4. The molecule has 0 spiro atoms. The number of nitrogens with one attached hydrogen (secondary N) is 2. The Morgan fingerprint density at radius 2 is 1.80 bits per heavy atom. The zero-order valence-corrected chi connectivity index (χ0v) is 14.5. The normalized spacial score (nSPS) is 16.2. The van der Waals surface area contributed by atoms with Gasteiger partial charge in [-0.15, -0.1) is 0 Å². The molecule has 6 heteroatoms. The Morgan fingerprint density at radius 3 is 2.56 bits per heavy atom. The van der Waals surface area contributed by atoms with Crippen LogP contribution in [0.5, 0.6) is 0 Å². The molecule has 128 valence electrons. The molecule has 0 unspecified atom stereocenters. The summed E-state index contributed by atoms with van der Waals surface area (Å²) in [7, 11) is 0. The highest BCUT2D eigenvalue weighted by Crippen LogP contribution is 2.41. The fraction of sp³-hybridized carbons (Fsp3) is 0.316. The third-order valence-corrected chi connectivity index (χ3v) is 5.44. The molecule has 1 aliphatic rings. The first-order valence-corrected chi connectivity index (χ1v) is 8.89. The van der Waals surface area contributed by atoms with Crippen molar-refractivity contribution in [3.63, 3.8) is 0 Å². The van der Waals surface area contributed by atoms with Crippen LogP contribution in [0.1, 0.15) is 41.6 Å². The predicted octanol–water partition coefficient (Wildman–Crippen LogP) is 3.85. The molecule has 0 aliphatic heterocycles. The van der Waals surface area contributed by atoms with E-state index in [1.54, 1.807) is 18.2 Å². The zero-order valence-electron chi connectivity index (χ0n) is 13.8. The number of aromatic amines is 1. The summed E-state index contributed by atoms with van der Waals surface area (Å²) in [6.45, 7) is 0.629. The number of carbonyl (C=O) groups excluding carboxylic acids is 1. The van der Waals surface area contributed by atoms with E-state index in [9.17, 15) is 4.79 Å². The molecule has 1 saturated carbocycles. The molecule has 25 heavy (non-hydrogen) atoms. The minimum Gasteiger partial charge on any atom is -0.351 e. The Balaban J connectivity index is 1.53. The lowest BCUT2D eigenvalue weighted by Gasteiger charge is -2.30. The lowest BCUT2D eigenvalue weighted by Crippen LogP contribution is -2.39. The van der Waals surface area contributed by atoms with E-state index in [1.165, 1.54) is 18.4 Å². The highest BCUT2D eigenvalue weighted by atomic mass is 35.5. The minimum absolute atomic E-state index is 0.00175. The average molecular weight is 355 g/mol. The van der Waals surface area contributed by atoms with Crippen LogP contribution in [0.25, 0.3) is 11.0 Å². The van der Waals surface area contributed by atoms with Crippen LogP contribution in [0.4, 0.5) is 0 Å². The molecule has 1 aromatic heterocycles. The molecule has 0 radical (unpaired) electrons. The molecule has 5 nitrogen and oxygen atoms in total. The van der Waals surface area contributed by atoms with Gasteiger partial charge in [0.25, 0.3) is 5.91 Å². The van der Waals surface area contributed by atoms with Gasteiger partial charge in [-0.05, 0) is 48.7 Å². The van der Waals surface area contributed by atoms with Gasteiger partial charge in [0.15, 0.2) is 0 Å². The SMILES string of the molecule is O=C(NCC1(c2ccc(Cl)cc2)CCCC1)c1ccc2n[nH]nc2c1. The topological polar surface area (TPSA) is 70.7 Å². The van der Waals surface area contributed by atoms with Crippen molar-refractivity contribution in [2.45, 2.75) is 31.1 Å². The van der Waals surface area contributed by atoms with Gasteiger partial charge in [-0.2, -0.15) is 15.4 Å². The van der Waals surface area contributed by atoms with Crippen molar-refractivity contribution < 1.29 is 4.79 Å². The van der Waals surface area contributed by atoms with Crippen molar-refractivity contribution in [3.05, 3.63) is 58.6 Å². The zero-order chi connectivity index (χ0) is 17.3. The molecule has 1 amide bonds. The maximum Gasteiger partial charge on any atom is 0.251 e. The van der Waals surface area contributed by atoms with Gasteiger partial charge in [0.2, 0.25) is 0 Å². The number of amides is 1. The fourth-order valence-corrected chi connectivity index (χ4v) is 3.88. The van der Waals surface area contributed by atoms with Crippen LogP contribution in [0.3, 0.4) is 0 Å². The summed E-state index contributed by atoms with van der Waals surface area (Å²) in [4.78, 5) is 12.6. The van der Waals surface area contributed by atoms with Gasteiger partial charge in [0.1, 0.15) is 11.0 Å². The molecular formula is C19H19ClN4O. The number of carbonyl (C=O) groups is 1. The Bertz CT molecular complexity index is 897. The van der Waals surface area contributed by atoms with Crippen LogP contribution in [0, 0.1) is 0 Å². The highest BCUT2D eigenvalue weighted by molar-refractivity contribution is 6.30. The Morgan fingerprint density at radius 1 is 1.08 bits per heavy atom. The number of fused-ring (bicyclic) bond motifs is 1. The van der Waals surface area contributed by atoms with E-state index >= 15 is 0 Å². The summed E-state index contributed by atoms with van der Waals surface area (Å²) in [5.74, 6) is -0.0786. The first kappa shape index (κ1) is 16.1. The molecule has 3 aromatic rings. The van der Waals surface area contributed by atoms with E-state index in [0.717, 1.165) is 23.4 Å². The summed E-state index contributed by atoms with van der Waals surface area (Å²) >= 11 is 6.03. The number of halogens is 1. The molecule has 2 N–H and O–H groups in total. The van der Waals surface area contributed by atoms with Gasteiger partial charge < -0.3 is 5.32 Å². The molecule has 0 bridgehead atoms. The Kier molecular flexibility index (Phi) is 4.17. The number of hydrogen-bond donors (Lipinski definition) is 2. The van der Waals surface area contributed by atoms with Gasteiger partial charge in [-0.1, -0.05) is 36.6 Å². The van der Waals surface area contributed by atoms with Gasteiger partial charge in [-0.25, -0.2) is 0 Å². The summed E-state index contributed by atoms with van der Waals surface area (Å²) < 4.78 is 0. The molecular weight excluding hydrogens is 336 g/mol. The minimum atomic E-state index is -0.0786. The summed E-state index contributed by atoms with van der Waals surface area (Å²) in [5.41, 5.74) is 3.30. The summed E-state index contributed by atoms with van der Waals surface area (Å²) in [5, 5.41) is 14.5. The number of H-pyrrole nitrogens is 1. The second kappa shape index (κ2) is 6.48. The largest absolute Gasteiger partial charge is 0.351 e. The number of hydrogen-bond acceptors (Lipinski definition) is 3. The van der Waals surface area contributed by atoms with Crippen molar-refractivity contribution in [1.29, 1.82) is 0 Å². The average Bonchev–Trinajstić information content (AvgIpc) is 3.29. The number of aromatic nitrogens is 3. The van der Waals surface area contributed by atoms with Crippen molar-refractivity contribution >= 4 is 28.5 Å². The van der Waals surface area contributed by atoms with Gasteiger partial charge in [0.05, 0.1) is 0 Å². The number of benzene rings is 2. The highest BCUT2D eigenvalue weighted by Gasteiger charge is 2.35. The van der Waals surface area contributed by atoms with Crippen LogP contribution >= 0.6 is 11.6 Å². The maximum atomic E-state index is 12.6. The van der Waals surface area contributed by atoms with E-state index < -0.39 is 0 Å². The molecule has 2 aromatic carbocycles. The second-order valence-electron chi connectivity index (χ2n) is 6.70. The van der Waals surface area contributed by atoms with Gasteiger partial charge in [-0.3, -0.25) is 4.79 Å². The second-order valence-corrected chi connectivity index (χ2v) is 7.14. The monoisotopic (exact) mass is 354 g/mol. The third kappa shape index (κ3) is 3.12. The molecule has 0 atom stereocenters. The van der Waals surface area contributed by atoms with Crippen molar-refractivity contribution in [2.24, 2.45) is 0 Å². The standard InChI is InChI=1S/C19H19ClN4O/c20-15-6-4-14(5-7-15)19(9-1-2-10-19)12-21-18(25)13-3-8-16-17(11-13)23-24-22-16/h3-8,11H,1-2,9-10,12H2,(H,21,25)(H,22,23,24). The molecule has 4 rings (SSSR count). The molecule has 1 aliphatic carbocycles. The maximum absolute atomic E-state index is 12.6. The first-order valence-electron chi connectivity index (χ1n) is 8.51. The van der Waals surface area contributed by atoms with E-state index in [0.29, 0.717) is 17.6 Å². The lowest BCUT2D eigenvalue weighted by atomic mass is 9.79. The van der Waals surface area contributed by atoms with Crippen LogP contribution in [0.2, 0.25) is 5.02 Å². The van der Waals surface area contributed by atoms with Crippen LogP contribution in [-0.4, -0.2) is 27.9 Å². The van der Waals surface area contributed by atoms with Crippen LogP contribution in [0.15, 0.2) is 42.5 Å². The Labute approximate surface area is 150 Å². The predicted molar refractivity (Wildman–Crippen MR) is 97.8 cm³/mol. The number of rotatable bonds is 4. The van der Waals surface area contributed by atoms with E-state index in [2.05, 4.69) is 32.9 Å². The third-order valence-electron chi connectivity index (χ3n) is 5.18. The van der Waals surface area contributed by atoms with Crippen molar-refractivity contribution in [1.82, 2.24) is 20.7 Å². The van der Waals surface area contributed by atoms with E-state index in [1.807, 2.05) is 12.1 Å². The van der Waals surface area contributed by atoms with Crippen LogP contribution in [-0.2, 0) is 5.41 Å². The smallest absolute Gasteiger partial charge is 0.251 e. The van der Waals surface area contributed by atoms with Gasteiger partial charge >= 0.3 is 0 Å². The number of nitrogens with zero attached hydrogens (tertiary/aromatic N) is 2. The van der Waals surface area contributed by atoms with Crippen molar-refractivity contribution in [3.8, 4) is 0 Å².